The van der Waals surface area contributed by atoms with Gasteiger partial charge in [0.2, 0.25) is 5.75 Å². The molecule has 1 aromatic carbocycles. The Bertz CT molecular complexity index is 790. The molecule has 2 aliphatic rings. The van der Waals surface area contributed by atoms with Gasteiger partial charge in [-0.3, -0.25) is 4.79 Å². The monoisotopic (exact) mass is 422 g/mol. The highest BCUT2D eigenvalue weighted by Crippen LogP contribution is 2.41. The molecule has 0 aromatic heterocycles. The number of carbonyl (C=O) groups is 2. The van der Waals surface area contributed by atoms with E-state index < -0.39 is 17.8 Å². The number of nitrogens with zero attached hydrogens (tertiary/aromatic N) is 1. The highest BCUT2D eigenvalue weighted by atomic mass is 16.6. The molecule has 30 heavy (non-hydrogen) atoms. The van der Waals surface area contributed by atoms with E-state index in [0.29, 0.717) is 49.0 Å². The van der Waals surface area contributed by atoms with Crippen LogP contribution in [0.4, 0.5) is 4.79 Å². The molecule has 9 nitrogen and oxygen atoms in total. The molecule has 0 saturated carbocycles. The number of nitrogens with one attached hydrogen (secondary N) is 1. The summed E-state index contributed by atoms with van der Waals surface area (Å²) in [6.07, 6.45) is -0.636. The van der Waals surface area contributed by atoms with Crippen molar-refractivity contribution in [1.82, 2.24) is 10.2 Å². The van der Waals surface area contributed by atoms with Crippen molar-refractivity contribution < 1.29 is 33.6 Å². The molecule has 2 N–H and O–H groups in total. The Balaban J connectivity index is 1.58. The van der Waals surface area contributed by atoms with Crippen molar-refractivity contribution in [3.05, 3.63) is 17.7 Å². The molecular weight excluding hydrogens is 392 g/mol. The van der Waals surface area contributed by atoms with Gasteiger partial charge in [-0.15, -0.1) is 0 Å². The topological polar surface area (TPSA) is 107 Å². The number of rotatable bonds is 4. The summed E-state index contributed by atoms with van der Waals surface area (Å²) < 4.78 is 21.9. The van der Waals surface area contributed by atoms with Crippen LogP contribution in [0.25, 0.3) is 0 Å². The zero-order chi connectivity index (χ0) is 21.9. The van der Waals surface area contributed by atoms with Crippen LogP contribution < -0.4 is 19.5 Å². The van der Waals surface area contributed by atoms with Gasteiger partial charge in [0.1, 0.15) is 18.8 Å². The highest BCUT2D eigenvalue weighted by Gasteiger charge is 2.33. The van der Waals surface area contributed by atoms with E-state index in [9.17, 15) is 14.7 Å². The molecular formula is C21H30N2O7. The fraction of sp³-hybridized carbons (Fsp3) is 0.619. The summed E-state index contributed by atoms with van der Waals surface area (Å²) >= 11 is 0. The van der Waals surface area contributed by atoms with Crippen LogP contribution in [-0.2, 0) is 4.74 Å². The Morgan fingerprint density at radius 3 is 2.57 bits per heavy atom. The number of fused-ring (bicyclic) bond motifs is 1. The van der Waals surface area contributed by atoms with Crippen LogP contribution in [0.15, 0.2) is 12.1 Å². The van der Waals surface area contributed by atoms with E-state index >= 15 is 0 Å². The summed E-state index contributed by atoms with van der Waals surface area (Å²) in [5.41, 5.74) is -0.234. The fourth-order valence-corrected chi connectivity index (χ4v) is 3.48. The van der Waals surface area contributed by atoms with E-state index in [0.717, 1.165) is 0 Å². The van der Waals surface area contributed by atoms with Crippen molar-refractivity contribution in [3.63, 3.8) is 0 Å². The Labute approximate surface area is 176 Å². The van der Waals surface area contributed by atoms with E-state index in [-0.39, 0.29) is 24.9 Å². The largest absolute Gasteiger partial charge is 0.493 e. The van der Waals surface area contributed by atoms with E-state index in [2.05, 4.69) is 5.32 Å². The summed E-state index contributed by atoms with van der Waals surface area (Å²) in [6.45, 7) is 7.05. The second-order valence-corrected chi connectivity index (χ2v) is 8.42. The number of likely N-dealkylation sites (tertiary alicyclic amines) is 1. The number of ether oxygens (including phenoxy) is 4. The maximum absolute atomic E-state index is 12.7. The number of hydrogen-bond acceptors (Lipinski definition) is 7. The Morgan fingerprint density at radius 2 is 1.93 bits per heavy atom. The molecule has 0 aliphatic carbocycles. The fourth-order valence-electron chi connectivity index (χ4n) is 3.48. The third-order valence-electron chi connectivity index (χ3n) is 5.01. The second-order valence-electron chi connectivity index (χ2n) is 8.42. The van der Waals surface area contributed by atoms with E-state index in [4.69, 9.17) is 18.9 Å². The van der Waals surface area contributed by atoms with Gasteiger partial charge in [-0.05, 0) is 39.3 Å². The van der Waals surface area contributed by atoms with Crippen LogP contribution in [0.5, 0.6) is 17.2 Å². The number of carbonyl (C=O) groups excluding carboxylic acids is 2. The van der Waals surface area contributed by atoms with Crippen LogP contribution in [0.3, 0.4) is 0 Å². The first kappa shape index (κ1) is 22.0. The Kier molecular flexibility index (Phi) is 6.60. The van der Waals surface area contributed by atoms with Crippen molar-refractivity contribution in [1.29, 1.82) is 0 Å². The SMILES string of the molecule is COc1ccc(C(=O)NC[C@@H]2CCN(C(=O)OC(C)(C)C)C[C@H]2O)c2c1OCCO2. The van der Waals surface area contributed by atoms with Crippen LogP contribution in [0.1, 0.15) is 37.6 Å². The lowest BCUT2D eigenvalue weighted by atomic mass is 9.94. The quantitative estimate of drug-likeness (QED) is 0.762. The van der Waals surface area contributed by atoms with Gasteiger partial charge in [0.25, 0.3) is 5.91 Å². The maximum atomic E-state index is 12.7. The smallest absolute Gasteiger partial charge is 0.410 e. The lowest BCUT2D eigenvalue weighted by Gasteiger charge is -2.36. The Hall–Kier alpha value is -2.68. The molecule has 2 atom stereocenters. The standard InChI is InChI=1S/C21H30N2O7/c1-21(2,3)30-20(26)23-8-7-13(15(24)12-23)11-22-19(25)14-5-6-16(27-4)18-17(14)28-9-10-29-18/h5-6,13,15,24H,7-12H2,1-4H3,(H,22,25)/t13-,15+/m0/s1. The van der Waals surface area contributed by atoms with Crippen LogP contribution >= 0.6 is 0 Å². The molecule has 9 heteroatoms. The van der Waals surface area contributed by atoms with Gasteiger partial charge in [-0.25, -0.2) is 4.79 Å². The van der Waals surface area contributed by atoms with Crippen molar-refractivity contribution in [2.24, 2.45) is 5.92 Å². The van der Waals surface area contributed by atoms with Gasteiger partial charge in [0.15, 0.2) is 11.5 Å². The van der Waals surface area contributed by atoms with Gasteiger partial charge in [-0.2, -0.15) is 0 Å². The van der Waals surface area contributed by atoms with Gasteiger partial charge < -0.3 is 34.3 Å². The first-order chi connectivity index (χ1) is 14.2. The molecule has 0 spiro atoms. The average Bonchev–Trinajstić information content (AvgIpc) is 2.70. The summed E-state index contributed by atoms with van der Waals surface area (Å²) in [5.74, 6) is 0.798. The van der Waals surface area contributed by atoms with Gasteiger partial charge in [0.05, 0.1) is 25.3 Å². The van der Waals surface area contributed by atoms with E-state index in [1.165, 1.54) is 12.0 Å². The molecule has 2 amide bonds. The minimum Gasteiger partial charge on any atom is -0.493 e. The number of hydrogen-bond donors (Lipinski definition) is 2. The van der Waals surface area contributed by atoms with E-state index in [1.807, 2.05) is 0 Å². The summed E-state index contributed by atoms with van der Waals surface area (Å²) in [6, 6.07) is 3.29. The van der Waals surface area contributed by atoms with Gasteiger partial charge >= 0.3 is 6.09 Å². The molecule has 1 fully saturated rings. The number of benzene rings is 1. The summed E-state index contributed by atoms with van der Waals surface area (Å²) in [4.78, 5) is 26.4. The molecule has 1 aromatic rings. The van der Waals surface area contributed by atoms with Crippen LogP contribution in [-0.4, -0.2) is 73.7 Å². The van der Waals surface area contributed by atoms with Crippen molar-refractivity contribution in [2.75, 3.05) is 40.0 Å². The normalized spacial score (nSPS) is 21.0. The van der Waals surface area contributed by atoms with Gasteiger partial charge in [0, 0.05) is 19.0 Å². The molecule has 0 bridgehead atoms. The second kappa shape index (κ2) is 8.99. The first-order valence-electron chi connectivity index (χ1n) is 10.1. The number of aliphatic hydroxyl groups is 1. The van der Waals surface area contributed by atoms with Crippen molar-refractivity contribution in [2.45, 2.75) is 38.9 Å². The number of methoxy groups -OCH3 is 1. The predicted octanol–water partition coefficient (Wildman–Crippen LogP) is 1.81. The Morgan fingerprint density at radius 1 is 1.23 bits per heavy atom. The number of piperidine rings is 1. The maximum Gasteiger partial charge on any atom is 0.410 e. The third kappa shape index (κ3) is 5.08. The molecule has 0 radical (unpaired) electrons. The highest BCUT2D eigenvalue weighted by molar-refractivity contribution is 5.98. The lowest BCUT2D eigenvalue weighted by Crippen LogP contribution is -2.50. The number of amides is 2. The van der Waals surface area contributed by atoms with Crippen molar-refractivity contribution >= 4 is 12.0 Å². The van der Waals surface area contributed by atoms with Crippen LogP contribution in [0, 0.1) is 5.92 Å². The number of aliphatic hydroxyl groups excluding tert-OH is 1. The minimum absolute atomic E-state index is 0.168. The minimum atomic E-state index is -0.754. The molecule has 3 rings (SSSR count). The molecule has 2 heterocycles. The van der Waals surface area contributed by atoms with Crippen LogP contribution in [0.2, 0.25) is 0 Å². The molecule has 1 saturated heterocycles. The molecule has 0 unspecified atom stereocenters. The zero-order valence-corrected chi connectivity index (χ0v) is 17.9. The molecule has 166 valence electrons. The first-order valence-corrected chi connectivity index (χ1v) is 10.1. The average molecular weight is 422 g/mol. The van der Waals surface area contributed by atoms with Gasteiger partial charge in [-0.1, -0.05) is 0 Å². The van der Waals surface area contributed by atoms with E-state index in [1.54, 1.807) is 32.9 Å². The summed E-state index contributed by atoms with van der Waals surface area (Å²) in [5, 5.41) is 13.3. The summed E-state index contributed by atoms with van der Waals surface area (Å²) in [7, 11) is 1.53. The molecule has 2 aliphatic heterocycles. The zero-order valence-electron chi connectivity index (χ0n) is 17.9. The third-order valence-corrected chi connectivity index (χ3v) is 5.01. The predicted molar refractivity (Wildman–Crippen MR) is 108 cm³/mol. The number of β-amino-alcohol motifs (C(OH)–C–C–N with tert-alkyl or cyclic N) is 1. The van der Waals surface area contributed by atoms with Crippen molar-refractivity contribution in [3.8, 4) is 17.2 Å². The lowest BCUT2D eigenvalue weighted by molar-refractivity contribution is -0.0122.